The van der Waals surface area contributed by atoms with Crippen molar-refractivity contribution in [1.29, 1.82) is 0 Å². The highest BCUT2D eigenvalue weighted by Gasteiger charge is 2.12. The molecule has 0 radical (unpaired) electrons. The number of carbonyl (C=O) groups is 2. The molecule has 1 rings (SSSR count). The molecule has 0 unspecified atom stereocenters. The minimum Gasteiger partial charge on any atom is -0.506 e. The molecule has 0 bridgehead atoms. The minimum absolute atomic E-state index is 0.166. The number of hydrogen-bond donors (Lipinski definition) is 3. The van der Waals surface area contributed by atoms with Crippen LogP contribution >= 0.6 is 0 Å². The molecule has 0 aliphatic rings. The smallest absolute Gasteiger partial charge is 0.339 e. The highest BCUT2D eigenvalue weighted by Crippen LogP contribution is 2.25. The van der Waals surface area contributed by atoms with Crippen molar-refractivity contribution in [3.63, 3.8) is 0 Å². The maximum atomic E-state index is 10.8. The van der Waals surface area contributed by atoms with Crippen LogP contribution in [0.3, 0.4) is 0 Å². The molecule has 0 atom stereocenters. The Morgan fingerprint density at radius 3 is 2.38 bits per heavy atom. The van der Waals surface area contributed by atoms with Gasteiger partial charge in [0.1, 0.15) is 11.3 Å². The van der Waals surface area contributed by atoms with Crippen LogP contribution in [0.2, 0.25) is 0 Å². The first kappa shape index (κ1) is 11.8. The van der Waals surface area contributed by atoms with Crippen LogP contribution in [-0.2, 0) is 4.79 Å². The number of rotatable bonds is 3. The van der Waals surface area contributed by atoms with Crippen molar-refractivity contribution >= 4 is 18.0 Å². The molecule has 5 nitrogen and oxygen atoms in total. The zero-order valence-electron chi connectivity index (χ0n) is 8.47. The van der Waals surface area contributed by atoms with Gasteiger partial charge in [0.2, 0.25) is 0 Å². The van der Waals surface area contributed by atoms with Crippen LogP contribution in [0.1, 0.15) is 21.5 Å². The van der Waals surface area contributed by atoms with Crippen LogP contribution in [0.25, 0.3) is 6.08 Å². The molecule has 0 amide bonds. The van der Waals surface area contributed by atoms with Gasteiger partial charge in [-0.25, -0.2) is 9.59 Å². The van der Waals surface area contributed by atoms with E-state index in [9.17, 15) is 14.7 Å². The highest BCUT2D eigenvalue weighted by molar-refractivity contribution is 5.93. The lowest BCUT2D eigenvalue weighted by molar-refractivity contribution is -0.131. The number of aromatic hydroxyl groups is 1. The van der Waals surface area contributed by atoms with Gasteiger partial charge in [-0.1, -0.05) is 0 Å². The van der Waals surface area contributed by atoms with E-state index < -0.39 is 17.7 Å². The van der Waals surface area contributed by atoms with Crippen molar-refractivity contribution in [2.24, 2.45) is 0 Å². The van der Waals surface area contributed by atoms with Crippen molar-refractivity contribution in [1.82, 2.24) is 0 Å². The summed E-state index contributed by atoms with van der Waals surface area (Å²) in [4.78, 5) is 21.1. The molecule has 0 aromatic heterocycles. The molecule has 5 heteroatoms. The molecule has 1 aromatic rings. The van der Waals surface area contributed by atoms with E-state index in [1.165, 1.54) is 12.1 Å². The SMILES string of the molecule is Cc1cc(C=CC(=O)O)c(O)c(C(=O)O)c1. The summed E-state index contributed by atoms with van der Waals surface area (Å²) < 4.78 is 0. The average Bonchev–Trinajstić information content (AvgIpc) is 2.18. The molecular formula is C11H10O5. The topological polar surface area (TPSA) is 94.8 Å². The van der Waals surface area contributed by atoms with Gasteiger partial charge in [0.05, 0.1) is 0 Å². The van der Waals surface area contributed by atoms with Crippen LogP contribution in [0, 0.1) is 6.92 Å². The lowest BCUT2D eigenvalue weighted by Gasteiger charge is -2.05. The molecule has 0 heterocycles. The molecular weight excluding hydrogens is 212 g/mol. The Labute approximate surface area is 91.3 Å². The van der Waals surface area contributed by atoms with E-state index in [-0.39, 0.29) is 11.1 Å². The second kappa shape index (κ2) is 4.48. The Morgan fingerprint density at radius 1 is 1.25 bits per heavy atom. The van der Waals surface area contributed by atoms with Crippen LogP contribution in [0.5, 0.6) is 5.75 Å². The van der Waals surface area contributed by atoms with Crippen LogP contribution in [0.15, 0.2) is 18.2 Å². The molecule has 0 aliphatic heterocycles. The first-order chi connectivity index (χ1) is 7.41. The average molecular weight is 222 g/mol. The molecule has 0 saturated carbocycles. The fourth-order valence-corrected chi connectivity index (χ4v) is 1.26. The maximum Gasteiger partial charge on any atom is 0.339 e. The lowest BCUT2D eigenvalue weighted by atomic mass is 10.0. The second-order valence-electron chi connectivity index (χ2n) is 3.23. The molecule has 16 heavy (non-hydrogen) atoms. The molecule has 0 spiro atoms. The van der Waals surface area contributed by atoms with Gasteiger partial charge in [0, 0.05) is 11.6 Å². The van der Waals surface area contributed by atoms with Gasteiger partial charge in [0.15, 0.2) is 0 Å². The highest BCUT2D eigenvalue weighted by atomic mass is 16.4. The van der Waals surface area contributed by atoms with Crippen molar-refractivity contribution in [3.8, 4) is 5.75 Å². The predicted octanol–water partition coefficient (Wildman–Crippen LogP) is 1.50. The zero-order chi connectivity index (χ0) is 12.3. The molecule has 0 fully saturated rings. The Morgan fingerprint density at radius 2 is 1.88 bits per heavy atom. The van der Waals surface area contributed by atoms with Gasteiger partial charge in [-0.05, 0) is 30.7 Å². The first-order valence-corrected chi connectivity index (χ1v) is 4.39. The van der Waals surface area contributed by atoms with Crippen LogP contribution in [-0.4, -0.2) is 27.3 Å². The monoisotopic (exact) mass is 222 g/mol. The second-order valence-corrected chi connectivity index (χ2v) is 3.23. The quantitative estimate of drug-likeness (QED) is 0.673. The van der Waals surface area contributed by atoms with Crippen molar-refractivity contribution in [2.45, 2.75) is 6.92 Å². The molecule has 0 saturated heterocycles. The molecule has 1 aromatic carbocycles. The molecule has 84 valence electrons. The summed E-state index contributed by atoms with van der Waals surface area (Å²) in [6, 6.07) is 2.82. The summed E-state index contributed by atoms with van der Waals surface area (Å²) in [5, 5.41) is 26.8. The van der Waals surface area contributed by atoms with E-state index in [4.69, 9.17) is 10.2 Å². The third-order valence-electron chi connectivity index (χ3n) is 1.92. The Hall–Kier alpha value is -2.30. The third-order valence-corrected chi connectivity index (χ3v) is 1.92. The summed E-state index contributed by atoms with van der Waals surface area (Å²) in [5.74, 6) is -2.86. The van der Waals surface area contributed by atoms with Gasteiger partial charge in [-0.3, -0.25) is 0 Å². The largest absolute Gasteiger partial charge is 0.506 e. The number of aromatic carboxylic acids is 1. The van der Waals surface area contributed by atoms with E-state index in [2.05, 4.69) is 0 Å². The number of carboxylic acids is 2. The number of aliphatic carboxylic acids is 1. The van der Waals surface area contributed by atoms with Gasteiger partial charge in [0.25, 0.3) is 0 Å². The minimum atomic E-state index is -1.26. The molecule has 3 N–H and O–H groups in total. The third kappa shape index (κ3) is 2.60. The van der Waals surface area contributed by atoms with Gasteiger partial charge < -0.3 is 15.3 Å². The zero-order valence-corrected chi connectivity index (χ0v) is 8.47. The number of carboxylic acid groups (broad SMARTS) is 2. The van der Waals surface area contributed by atoms with Crippen LogP contribution in [0.4, 0.5) is 0 Å². The Kier molecular flexibility index (Phi) is 3.30. The number of aryl methyl sites for hydroxylation is 1. The van der Waals surface area contributed by atoms with E-state index in [0.717, 1.165) is 12.2 Å². The summed E-state index contributed by atoms with van der Waals surface area (Å²) in [5.41, 5.74) is 0.546. The molecule has 0 aliphatic carbocycles. The summed E-state index contributed by atoms with van der Waals surface area (Å²) in [6.45, 7) is 1.66. The number of phenols is 1. The summed E-state index contributed by atoms with van der Waals surface area (Å²) >= 11 is 0. The fourth-order valence-electron chi connectivity index (χ4n) is 1.26. The lowest BCUT2D eigenvalue weighted by Crippen LogP contribution is -1.99. The number of hydrogen-bond acceptors (Lipinski definition) is 3. The Bertz CT molecular complexity index is 474. The van der Waals surface area contributed by atoms with Gasteiger partial charge in [-0.15, -0.1) is 0 Å². The summed E-state index contributed by atoms with van der Waals surface area (Å²) in [6.07, 6.45) is 1.98. The van der Waals surface area contributed by atoms with E-state index in [1.54, 1.807) is 6.92 Å². The number of benzene rings is 1. The van der Waals surface area contributed by atoms with E-state index in [1.807, 2.05) is 0 Å². The van der Waals surface area contributed by atoms with Gasteiger partial charge >= 0.3 is 11.9 Å². The fraction of sp³-hybridized carbons (Fsp3) is 0.0909. The standard InChI is InChI=1S/C11H10O5/c1-6-4-7(2-3-9(12)13)10(14)8(5-6)11(15)16/h2-5,14H,1H3,(H,12,13)(H,15,16). The normalized spacial score (nSPS) is 10.6. The first-order valence-electron chi connectivity index (χ1n) is 4.39. The van der Waals surface area contributed by atoms with Crippen molar-refractivity contribution in [2.75, 3.05) is 0 Å². The van der Waals surface area contributed by atoms with E-state index >= 15 is 0 Å². The summed E-state index contributed by atoms with van der Waals surface area (Å²) in [7, 11) is 0. The van der Waals surface area contributed by atoms with Gasteiger partial charge in [-0.2, -0.15) is 0 Å². The maximum absolute atomic E-state index is 10.8. The van der Waals surface area contributed by atoms with Crippen LogP contribution < -0.4 is 0 Å². The van der Waals surface area contributed by atoms with E-state index in [0.29, 0.717) is 5.56 Å². The van der Waals surface area contributed by atoms with Crippen molar-refractivity contribution < 1.29 is 24.9 Å². The predicted molar refractivity (Wildman–Crippen MR) is 56.5 cm³/mol. The Balaban J connectivity index is 3.29. The van der Waals surface area contributed by atoms with Crippen molar-refractivity contribution in [3.05, 3.63) is 34.9 Å².